The summed E-state index contributed by atoms with van der Waals surface area (Å²) in [5.41, 5.74) is 6.12. The number of halogens is 1. The average Bonchev–Trinajstić information content (AvgIpc) is 3.24. The fraction of sp³-hybridized carbons (Fsp3) is 0.231. The van der Waals surface area contributed by atoms with Crippen molar-refractivity contribution >= 4 is 10.9 Å². The Morgan fingerprint density at radius 2 is 1.77 bits per heavy atom. The molecule has 0 amide bonds. The maximum Gasteiger partial charge on any atom is 0.123 e. The van der Waals surface area contributed by atoms with Crippen LogP contribution in [0.15, 0.2) is 79.0 Å². The molecular weight excluding hydrogens is 373 g/mol. The maximum atomic E-state index is 13.4. The summed E-state index contributed by atoms with van der Waals surface area (Å²) >= 11 is 0. The molecule has 1 fully saturated rings. The van der Waals surface area contributed by atoms with Gasteiger partial charge in [-0.05, 0) is 71.1 Å². The zero-order valence-electron chi connectivity index (χ0n) is 17.2. The highest BCUT2D eigenvalue weighted by molar-refractivity contribution is 5.85. The van der Waals surface area contributed by atoms with Gasteiger partial charge in [-0.15, -0.1) is 0 Å². The van der Waals surface area contributed by atoms with Gasteiger partial charge in [-0.2, -0.15) is 0 Å². The predicted molar refractivity (Wildman–Crippen MR) is 121 cm³/mol. The molecule has 4 aromatic rings. The maximum absolute atomic E-state index is 13.4. The van der Waals surface area contributed by atoms with Crippen LogP contribution in [0.25, 0.3) is 22.0 Å². The van der Waals surface area contributed by atoms with Crippen molar-refractivity contribution in [1.82, 2.24) is 14.8 Å². The van der Waals surface area contributed by atoms with Crippen LogP contribution >= 0.6 is 0 Å². The van der Waals surface area contributed by atoms with Crippen molar-refractivity contribution in [3.05, 3.63) is 95.9 Å². The molecule has 30 heavy (non-hydrogen) atoms. The van der Waals surface area contributed by atoms with Gasteiger partial charge in [-0.1, -0.05) is 36.4 Å². The topological polar surface area (TPSA) is 22.3 Å². The molecule has 0 bridgehead atoms. The van der Waals surface area contributed by atoms with Gasteiger partial charge in [-0.25, -0.2) is 4.39 Å². The number of nitrogens with zero attached hydrogens (tertiary/aromatic N) is 2. The third kappa shape index (κ3) is 3.89. The van der Waals surface area contributed by atoms with E-state index in [2.05, 4.69) is 70.4 Å². The van der Waals surface area contributed by atoms with E-state index in [0.29, 0.717) is 0 Å². The first-order valence-electron chi connectivity index (χ1n) is 10.5. The standard InChI is InChI=1S/C26H26FN3/c1-29-13-14-30(26(18-29)20-5-8-24(27)9-6-20)17-19-3-2-4-21(15-19)22-7-10-25-23(16-22)11-12-28-25/h2-12,15-16,26,28H,13-14,17-18H2,1H3/t26-/m1/s1. The quantitative estimate of drug-likeness (QED) is 0.492. The van der Waals surface area contributed by atoms with E-state index in [0.717, 1.165) is 31.7 Å². The molecule has 5 rings (SSSR count). The van der Waals surface area contributed by atoms with Crippen molar-refractivity contribution in [1.29, 1.82) is 0 Å². The number of rotatable bonds is 4. The van der Waals surface area contributed by atoms with E-state index < -0.39 is 0 Å². The van der Waals surface area contributed by atoms with Crippen molar-refractivity contribution in [3.8, 4) is 11.1 Å². The van der Waals surface area contributed by atoms with Crippen LogP contribution in [0.5, 0.6) is 0 Å². The van der Waals surface area contributed by atoms with E-state index >= 15 is 0 Å². The minimum atomic E-state index is -0.179. The van der Waals surface area contributed by atoms with Crippen LogP contribution in [0.2, 0.25) is 0 Å². The highest BCUT2D eigenvalue weighted by Crippen LogP contribution is 2.29. The van der Waals surface area contributed by atoms with Gasteiger partial charge >= 0.3 is 0 Å². The Hall–Kier alpha value is -2.95. The normalized spacial score (nSPS) is 18.1. The van der Waals surface area contributed by atoms with Crippen molar-refractivity contribution in [2.24, 2.45) is 0 Å². The van der Waals surface area contributed by atoms with Gasteiger partial charge in [0, 0.05) is 43.9 Å². The number of hydrogen-bond acceptors (Lipinski definition) is 2. The number of aromatic amines is 1. The number of fused-ring (bicyclic) bond motifs is 1. The number of aromatic nitrogens is 1. The molecule has 1 N–H and O–H groups in total. The molecule has 0 radical (unpaired) electrons. The second-order valence-electron chi connectivity index (χ2n) is 8.28. The highest BCUT2D eigenvalue weighted by Gasteiger charge is 2.26. The molecule has 0 spiro atoms. The Labute approximate surface area is 176 Å². The fourth-order valence-electron chi connectivity index (χ4n) is 4.46. The Morgan fingerprint density at radius 1 is 0.933 bits per heavy atom. The van der Waals surface area contributed by atoms with Crippen LogP contribution in [0.3, 0.4) is 0 Å². The van der Waals surface area contributed by atoms with Crippen LogP contribution in [0.4, 0.5) is 4.39 Å². The van der Waals surface area contributed by atoms with Gasteiger partial charge in [0.1, 0.15) is 5.82 Å². The number of hydrogen-bond donors (Lipinski definition) is 1. The number of nitrogens with one attached hydrogen (secondary N) is 1. The molecule has 152 valence electrons. The van der Waals surface area contributed by atoms with Crippen molar-refractivity contribution in [2.45, 2.75) is 12.6 Å². The lowest BCUT2D eigenvalue weighted by Crippen LogP contribution is -2.46. The summed E-state index contributed by atoms with van der Waals surface area (Å²) in [7, 11) is 2.16. The first kappa shape index (κ1) is 19.0. The van der Waals surface area contributed by atoms with Crippen molar-refractivity contribution < 1.29 is 4.39 Å². The monoisotopic (exact) mass is 399 g/mol. The minimum Gasteiger partial charge on any atom is -0.361 e. The van der Waals surface area contributed by atoms with E-state index in [1.807, 2.05) is 18.3 Å². The molecule has 3 nitrogen and oxygen atoms in total. The molecule has 0 aliphatic carbocycles. The van der Waals surface area contributed by atoms with Crippen LogP contribution in [0.1, 0.15) is 17.2 Å². The molecule has 1 saturated heterocycles. The number of piperazine rings is 1. The Bertz CT molecular complexity index is 1150. The van der Waals surface area contributed by atoms with Gasteiger partial charge < -0.3 is 9.88 Å². The lowest BCUT2D eigenvalue weighted by molar-refractivity contribution is 0.0833. The lowest BCUT2D eigenvalue weighted by atomic mass is 9.99. The van der Waals surface area contributed by atoms with Crippen LogP contribution in [-0.4, -0.2) is 41.5 Å². The fourth-order valence-corrected chi connectivity index (χ4v) is 4.46. The number of benzene rings is 3. The zero-order chi connectivity index (χ0) is 20.5. The van der Waals surface area contributed by atoms with E-state index in [1.54, 1.807) is 12.1 Å². The first-order chi connectivity index (χ1) is 14.7. The molecule has 0 unspecified atom stereocenters. The molecule has 1 aliphatic rings. The smallest absolute Gasteiger partial charge is 0.123 e. The predicted octanol–water partition coefficient (Wildman–Crippen LogP) is 5.46. The summed E-state index contributed by atoms with van der Waals surface area (Å²) in [4.78, 5) is 8.13. The van der Waals surface area contributed by atoms with Crippen LogP contribution in [-0.2, 0) is 6.54 Å². The molecule has 4 heteroatoms. The van der Waals surface area contributed by atoms with E-state index in [4.69, 9.17) is 0 Å². The van der Waals surface area contributed by atoms with Crippen LogP contribution < -0.4 is 0 Å². The SMILES string of the molecule is CN1CCN(Cc2cccc(-c3ccc4[nH]ccc4c3)c2)[C@@H](c2ccc(F)cc2)C1. The molecule has 3 aromatic carbocycles. The molecule has 2 heterocycles. The second-order valence-corrected chi connectivity index (χ2v) is 8.28. The van der Waals surface area contributed by atoms with Crippen molar-refractivity contribution in [2.75, 3.05) is 26.7 Å². The van der Waals surface area contributed by atoms with E-state index in [9.17, 15) is 4.39 Å². The summed E-state index contributed by atoms with van der Waals surface area (Å²) in [6.45, 7) is 3.88. The Morgan fingerprint density at radius 3 is 2.63 bits per heavy atom. The number of H-pyrrole nitrogens is 1. The van der Waals surface area contributed by atoms with E-state index in [-0.39, 0.29) is 11.9 Å². The Kier molecular flexibility index (Phi) is 5.11. The summed E-state index contributed by atoms with van der Waals surface area (Å²) < 4.78 is 13.4. The Balaban J connectivity index is 1.41. The van der Waals surface area contributed by atoms with Gasteiger partial charge in [0.15, 0.2) is 0 Å². The summed E-state index contributed by atoms with van der Waals surface area (Å²) in [5.74, 6) is -0.179. The van der Waals surface area contributed by atoms with Crippen molar-refractivity contribution in [3.63, 3.8) is 0 Å². The summed E-state index contributed by atoms with van der Waals surface area (Å²) in [6.07, 6.45) is 1.98. The van der Waals surface area contributed by atoms with Crippen LogP contribution in [0, 0.1) is 5.82 Å². The first-order valence-corrected chi connectivity index (χ1v) is 10.5. The summed E-state index contributed by atoms with van der Waals surface area (Å²) in [6, 6.07) is 24.8. The van der Waals surface area contributed by atoms with Gasteiger partial charge in [0.2, 0.25) is 0 Å². The molecule has 1 atom stereocenters. The third-order valence-corrected chi connectivity index (χ3v) is 6.15. The molecule has 1 aromatic heterocycles. The third-order valence-electron chi connectivity index (χ3n) is 6.15. The molecular formula is C26H26FN3. The van der Waals surface area contributed by atoms with Gasteiger partial charge in [-0.3, -0.25) is 4.90 Å². The van der Waals surface area contributed by atoms with Gasteiger partial charge in [0.05, 0.1) is 0 Å². The second kappa shape index (κ2) is 8.05. The lowest BCUT2D eigenvalue weighted by Gasteiger charge is -2.40. The van der Waals surface area contributed by atoms with E-state index in [1.165, 1.54) is 27.6 Å². The molecule has 0 saturated carbocycles. The largest absolute Gasteiger partial charge is 0.361 e. The highest BCUT2D eigenvalue weighted by atomic mass is 19.1. The zero-order valence-corrected chi connectivity index (χ0v) is 17.2. The molecule has 1 aliphatic heterocycles. The number of likely N-dealkylation sites (N-methyl/N-ethyl adjacent to an activating group) is 1. The average molecular weight is 400 g/mol. The van der Waals surface area contributed by atoms with Gasteiger partial charge in [0.25, 0.3) is 0 Å². The minimum absolute atomic E-state index is 0.179. The summed E-state index contributed by atoms with van der Waals surface area (Å²) in [5, 5.41) is 1.23.